The zero-order valence-electron chi connectivity index (χ0n) is 14.3. The average Bonchev–Trinajstić information content (AvgIpc) is 2.99. The summed E-state index contributed by atoms with van der Waals surface area (Å²) in [7, 11) is 0. The molecule has 0 N–H and O–H groups in total. The first-order valence-electron chi connectivity index (χ1n) is 8.68. The van der Waals surface area contributed by atoms with Crippen molar-refractivity contribution in [1.29, 1.82) is 0 Å². The summed E-state index contributed by atoms with van der Waals surface area (Å²) in [5.74, 6) is -1.64. The van der Waals surface area contributed by atoms with Gasteiger partial charge in [0.1, 0.15) is 0 Å². The molecular formula is C19H25ClO4. The predicted octanol–water partition coefficient (Wildman–Crippen LogP) is 4.50. The van der Waals surface area contributed by atoms with Crippen molar-refractivity contribution < 1.29 is 19.1 Å². The van der Waals surface area contributed by atoms with Crippen LogP contribution in [0.1, 0.15) is 57.6 Å². The van der Waals surface area contributed by atoms with Gasteiger partial charge in [-0.05, 0) is 37.5 Å². The average molecular weight is 353 g/mol. The van der Waals surface area contributed by atoms with E-state index >= 15 is 0 Å². The SMILES string of the molecule is CCCCC[C@@H]1O[C@H](c2ccc(Cl)cc2)C[C@@H]1C(=O)C(=O)OCC. The maximum Gasteiger partial charge on any atom is 0.374 e. The highest BCUT2D eigenvalue weighted by molar-refractivity contribution is 6.34. The smallest absolute Gasteiger partial charge is 0.374 e. The molecule has 3 atom stereocenters. The van der Waals surface area contributed by atoms with Crippen molar-refractivity contribution in [2.45, 2.75) is 58.2 Å². The fourth-order valence-electron chi connectivity index (χ4n) is 3.13. The number of carbonyl (C=O) groups is 2. The Balaban J connectivity index is 2.10. The van der Waals surface area contributed by atoms with Gasteiger partial charge in [0.05, 0.1) is 24.7 Å². The van der Waals surface area contributed by atoms with Crippen molar-refractivity contribution in [2.75, 3.05) is 6.61 Å². The highest BCUT2D eigenvalue weighted by atomic mass is 35.5. The van der Waals surface area contributed by atoms with Crippen LogP contribution in [0.4, 0.5) is 0 Å². The van der Waals surface area contributed by atoms with Crippen molar-refractivity contribution in [1.82, 2.24) is 0 Å². The molecule has 1 aliphatic heterocycles. The standard InChI is InChI=1S/C19H25ClO4/c1-3-5-6-7-16-15(18(21)19(22)23-4-2)12-17(24-16)13-8-10-14(20)11-9-13/h8-11,15-17H,3-7,12H2,1-2H3/t15-,16-,17-/m0/s1. The van der Waals surface area contributed by atoms with Crippen LogP contribution in [0.2, 0.25) is 5.02 Å². The van der Waals surface area contributed by atoms with E-state index in [9.17, 15) is 9.59 Å². The van der Waals surface area contributed by atoms with Crippen LogP contribution in [0.5, 0.6) is 0 Å². The minimum absolute atomic E-state index is 0.183. The largest absolute Gasteiger partial charge is 0.460 e. The predicted molar refractivity (Wildman–Crippen MR) is 93.0 cm³/mol. The molecule has 1 aliphatic rings. The Kier molecular flexibility index (Phi) is 7.25. The topological polar surface area (TPSA) is 52.6 Å². The quantitative estimate of drug-likeness (QED) is 0.392. The van der Waals surface area contributed by atoms with Crippen molar-refractivity contribution >= 4 is 23.4 Å². The highest BCUT2D eigenvalue weighted by Crippen LogP contribution is 2.40. The van der Waals surface area contributed by atoms with Crippen LogP contribution in [0.25, 0.3) is 0 Å². The maximum absolute atomic E-state index is 12.4. The van der Waals surface area contributed by atoms with Crippen LogP contribution in [0.3, 0.4) is 0 Å². The fraction of sp³-hybridized carbons (Fsp3) is 0.579. The Morgan fingerprint density at radius 2 is 1.92 bits per heavy atom. The third kappa shape index (κ3) is 4.81. The number of carbonyl (C=O) groups excluding carboxylic acids is 2. The molecule has 5 heteroatoms. The number of Topliss-reactive ketones (excluding diaryl/α,β-unsaturated/α-hetero) is 1. The zero-order chi connectivity index (χ0) is 17.5. The van der Waals surface area contributed by atoms with Gasteiger partial charge in [-0.1, -0.05) is 49.9 Å². The summed E-state index contributed by atoms with van der Waals surface area (Å²) < 4.78 is 11.0. The molecule has 0 spiro atoms. The van der Waals surface area contributed by atoms with Crippen LogP contribution >= 0.6 is 11.6 Å². The van der Waals surface area contributed by atoms with Crippen LogP contribution in [0, 0.1) is 5.92 Å². The van der Waals surface area contributed by atoms with Gasteiger partial charge in [0.15, 0.2) is 0 Å². The van der Waals surface area contributed by atoms with Crippen LogP contribution < -0.4 is 0 Å². The molecule has 0 saturated carbocycles. The van der Waals surface area contributed by atoms with Crippen molar-refractivity contribution in [3.05, 3.63) is 34.9 Å². The fourth-order valence-corrected chi connectivity index (χ4v) is 3.26. The molecule has 0 bridgehead atoms. The van der Waals surface area contributed by atoms with Gasteiger partial charge in [0.2, 0.25) is 5.78 Å². The van der Waals surface area contributed by atoms with Gasteiger partial charge in [0.25, 0.3) is 0 Å². The summed E-state index contributed by atoms with van der Waals surface area (Å²) in [5.41, 5.74) is 0.985. The Labute approximate surface area is 148 Å². The molecule has 1 aromatic rings. The summed E-state index contributed by atoms with van der Waals surface area (Å²) in [6, 6.07) is 7.44. The molecule has 2 rings (SSSR count). The number of benzene rings is 1. The van der Waals surface area contributed by atoms with Crippen LogP contribution in [0.15, 0.2) is 24.3 Å². The van der Waals surface area contributed by atoms with Crippen LogP contribution in [-0.2, 0) is 19.1 Å². The van der Waals surface area contributed by atoms with Gasteiger partial charge in [-0.3, -0.25) is 4.79 Å². The first kappa shape index (κ1) is 18.9. The maximum atomic E-state index is 12.4. The molecule has 0 aliphatic carbocycles. The van der Waals surface area contributed by atoms with Gasteiger partial charge >= 0.3 is 5.97 Å². The molecule has 1 aromatic carbocycles. The number of hydrogen-bond donors (Lipinski definition) is 0. The van der Waals surface area contributed by atoms with Crippen molar-refractivity contribution in [3.63, 3.8) is 0 Å². The number of ketones is 1. The summed E-state index contributed by atoms with van der Waals surface area (Å²) in [6.45, 7) is 4.04. The van der Waals surface area contributed by atoms with Crippen molar-refractivity contribution in [2.24, 2.45) is 5.92 Å². The molecular weight excluding hydrogens is 328 g/mol. The minimum Gasteiger partial charge on any atom is -0.460 e. The Hall–Kier alpha value is -1.39. The van der Waals surface area contributed by atoms with E-state index in [1.54, 1.807) is 6.92 Å². The highest BCUT2D eigenvalue weighted by Gasteiger charge is 2.42. The van der Waals surface area contributed by atoms with E-state index < -0.39 is 17.7 Å². The van der Waals surface area contributed by atoms with E-state index in [0.717, 1.165) is 31.2 Å². The van der Waals surface area contributed by atoms with Crippen LogP contribution in [-0.4, -0.2) is 24.5 Å². The molecule has 0 radical (unpaired) electrons. The first-order chi connectivity index (χ1) is 11.6. The van der Waals surface area contributed by atoms with Gasteiger partial charge in [-0.25, -0.2) is 4.79 Å². The lowest BCUT2D eigenvalue weighted by Gasteiger charge is -2.17. The summed E-state index contributed by atoms with van der Waals surface area (Å²) in [4.78, 5) is 24.3. The zero-order valence-corrected chi connectivity index (χ0v) is 15.1. The lowest BCUT2D eigenvalue weighted by molar-refractivity contribution is -0.156. The molecule has 0 unspecified atom stereocenters. The van der Waals surface area contributed by atoms with E-state index in [1.807, 2.05) is 24.3 Å². The monoisotopic (exact) mass is 352 g/mol. The number of hydrogen-bond acceptors (Lipinski definition) is 4. The lowest BCUT2D eigenvalue weighted by Crippen LogP contribution is -2.31. The molecule has 0 amide bonds. The van der Waals surface area contributed by atoms with E-state index in [1.165, 1.54) is 0 Å². The lowest BCUT2D eigenvalue weighted by atomic mass is 9.90. The second-order valence-electron chi connectivity index (χ2n) is 6.14. The number of ether oxygens (including phenoxy) is 2. The van der Waals surface area contributed by atoms with E-state index in [2.05, 4.69) is 6.92 Å². The van der Waals surface area contributed by atoms with Gasteiger partial charge < -0.3 is 9.47 Å². The third-order valence-corrected chi connectivity index (χ3v) is 4.66. The van der Waals surface area contributed by atoms with E-state index in [4.69, 9.17) is 21.1 Å². The summed E-state index contributed by atoms with van der Waals surface area (Å²) >= 11 is 5.93. The van der Waals surface area contributed by atoms with E-state index in [-0.39, 0.29) is 18.8 Å². The molecule has 24 heavy (non-hydrogen) atoms. The molecule has 132 valence electrons. The number of rotatable bonds is 8. The number of unbranched alkanes of at least 4 members (excludes halogenated alkanes) is 2. The molecule has 1 heterocycles. The molecule has 4 nitrogen and oxygen atoms in total. The third-order valence-electron chi connectivity index (χ3n) is 4.40. The normalized spacial score (nSPS) is 23.2. The Morgan fingerprint density at radius 3 is 2.54 bits per heavy atom. The Bertz CT molecular complexity index is 555. The van der Waals surface area contributed by atoms with Crippen molar-refractivity contribution in [3.8, 4) is 0 Å². The molecule has 0 aromatic heterocycles. The van der Waals surface area contributed by atoms with Gasteiger partial charge in [-0.2, -0.15) is 0 Å². The summed E-state index contributed by atoms with van der Waals surface area (Å²) in [6.07, 6.45) is 4.06. The van der Waals surface area contributed by atoms with E-state index in [0.29, 0.717) is 11.4 Å². The molecule has 1 saturated heterocycles. The first-order valence-corrected chi connectivity index (χ1v) is 9.06. The summed E-state index contributed by atoms with van der Waals surface area (Å²) in [5, 5.41) is 0.662. The second kappa shape index (κ2) is 9.19. The minimum atomic E-state index is -0.747. The molecule has 1 fully saturated rings. The van der Waals surface area contributed by atoms with Gasteiger partial charge in [-0.15, -0.1) is 0 Å². The number of esters is 1. The van der Waals surface area contributed by atoms with Gasteiger partial charge in [0, 0.05) is 5.02 Å². The number of halogens is 1. The Morgan fingerprint density at radius 1 is 1.21 bits per heavy atom. The second-order valence-corrected chi connectivity index (χ2v) is 6.57.